The highest BCUT2D eigenvalue weighted by molar-refractivity contribution is 6.09. The number of aromatic nitrogens is 2. The van der Waals surface area contributed by atoms with Crippen LogP contribution in [0.5, 0.6) is 0 Å². The molecule has 0 saturated heterocycles. The van der Waals surface area contributed by atoms with Gasteiger partial charge in [-0.1, -0.05) is 66.7 Å². The molecular formula is C36H24N4. The lowest BCUT2D eigenvalue weighted by Gasteiger charge is -2.25. The van der Waals surface area contributed by atoms with Crippen molar-refractivity contribution in [1.82, 2.24) is 9.55 Å². The third kappa shape index (κ3) is 3.98. The van der Waals surface area contributed by atoms with Gasteiger partial charge in [-0.3, -0.25) is 4.57 Å². The first-order valence-corrected chi connectivity index (χ1v) is 13.2. The van der Waals surface area contributed by atoms with Crippen LogP contribution in [-0.4, -0.2) is 9.55 Å². The Morgan fingerprint density at radius 2 is 1.27 bits per heavy atom. The van der Waals surface area contributed by atoms with E-state index in [1.54, 1.807) is 0 Å². The zero-order valence-corrected chi connectivity index (χ0v) is 21.6. The predicted molar refractivity (Wildman–Crippen MR) is 163 cm³/mol. The highest BCUT2D eigenvalue weighted by atomic mass is 15.1. The molecule has 0 saturated carbocycles. The van der Waals surface area contributed by atoms with Crippen LogP contribution in [0.4, 0.5) is 17.1 Å². The Labute approximate surface area is 232 Å². The molecule has 5 aromatic carbocycles. The predicted octanol–water partition coefficient (Wildman–Crippen LogP) is 9.19. The van der Waals surface area contributed by atoms with Crippen molar-refractivity contribution in [2.75, 3.05) is 4.90 Å². The Bertz CT molecular complexity index is 1960. The second kappa shape index (κ2) is 9.90. The number of pyridine rings is 1. The van der Waals surface area contributed by atoms with Gasteiger partial charge in [-0.05, 0) is 83.9 Å². The highest BCUT2D eigenvalue weighted by Gasteiger charge is 2.17. The molecule has 0 amide bonds. The fourth-order valence-electron chi connectivity index (χ4n) is 5.46. The van der Waals surface area contributed by atoms with Gasteiger partial charge in [0.05, 0.1) is 17.1 Å². The number of hydrogen-bond acceptors (Lipinski definition) is 3. The molecule has 188 valence electrons. The number of nitrogens with zero attached hydrogens (tertiary/aromatic N) is 4. The standard InChI is InChI=1S/C36H24N4/c37-25-27-10-7-8-15-32(27)26-17-19-30(20-18-26)40-35-22-21-31(24-34(35)33-16-9-23-38-36(33)40)39(28-11-3-1-4-12-28)29-13-5-2-6-14-29/h1-24H. The van der Waals surface area contributed by atoms with Gasteiger partial charge in [0.2, 0.25) is 0 Å². The lowest BCUT2D eigenvalue weighted by molar-refractivity contribution is 1.14. The van der Waals surface area contributed by atoms with Crippen LogP contribution in [0.25, 0.3) is 38.8 Å². The highest BCUT2D eigenvalue weighted by Crippen LogP contribution is 2.39. The summed E-state index contributed by atoms with van der Waals surface area (Å²) in [7, 11) is 0. The van der Waals surface area contributed by atoms with Crippen molar-refractivity contribution in [2.24, 2.45) is 0 Å². The van der Waals surface area contributed by atoms with E-state index in [2.05, 4.69) is 113 Å². The molecule has 0 aliphatic rings. The Balaban J connectivity index is 1.39. The van der Waals surface area contributed by atoms with Crippen molar-refractivity contribution in [3.8, 4) is 22.9 Å². The molecule has 0 radical (unpaired) electrons. The maximum absolute atomic E-state index is 9.56. The van der Waals surface area contributed by atoms with Gasteiger partial charge in [-0.15, -0.1) is 0 Å². The molecule has 0 spiro atoms. The van der Waals surface area contributed by atoms with Gasteiger partial charge in [0.25, 0.3) is 0 Å². The minimum Gasteiger partial charge on any atom is -0.310 e. The van der Waals surface area contributed by atoms with Gasteiger partial charge < -0.3 is 4.90 Å². The topological polar surface area (TPSA) is 44.9 Å². The van der Waals surface area contributed by atoms with Crippen molar-refractivity contribution in [1.29, 1.82) is 5.26 Å². The third-order valence-corrected chi connectivity index (χ3v) is 7.28. The first-order chi connectivity index (χ1) is 19.8. The number of rotatable bonds is 5. The molecule has 0 aliphatic carbocycles. The Kier molecular flexibility index (Phi) is 5.81. The Hall–Kier alpha value is -5.66. The quantitative estimate of drug-likeness (QED) is 0.231. The van der Waals surface area contributed by atoms with E-state index in [4.69, 9.17) is 4.98 Å². The van der Waals surface area contributed by atoms with Gasteiger partial charge in [0.1, 0.15) is 5.65 Å². The molecule has 0 atom stereocenters. The molecule has 0 unspecified atom stereocenters. The lowest BCUT2D eigenvalue weighted by atomic mass is 10.0. The van der Waals surface area contributed by atoms with E-state index in [1.807, 2.05) is 48.7 Å². The molecule has 2 heterocycles. The average Bonchev–Trinajstić information content (AvgIpc) is 3.36. The first-order valence-electron chi connectivity index (χ1n) is 13.2. The summed E-state index contributed by atoms with van der Waals surface area (Å²) in [5, 5.41) is 11.8. The van der Waals surface area contributed by atoms with Crippen LogP contribution in [0.3, 0.4) is 0 Å². The van der Waals surface area contributed by atoms with Crippen molar-refractivity contribution < 1.29 is 0 Å². The van der Waals surface area contributed by atoms with Crippen molar-refractivity contribution in [3.63, 3.8) is 0 Å². The zero-order valence-electron chi connectivity index (χ0n) is 21.6. The van der Waals surface area contributed by atoms with E-state index in [0.29, 0.717) is 5.56 Å². The molecule has 4 nitrogen and oxygen atoms in total. The summed E-state index contributed by atoms with van der Waals surface area (Å²) in [5.74, 6) is 0. The summed E-state index contributed by atoms with van der Waals surface area (Å²) in [6, 6.07) is 50.0. The van der Waals surface area contributed by atoms with Crippen molar-refractivity contribution in [3.05, 3.63) is 151 Å². The van der Waals surface area contributed by atoms with Crippen LogP contribution >= 0.6 is 0 Å². The minimum atomic E-state index is 0.669. The van der Waals surface area contributed by atoms with Crippen LogP contribution in [0.1, 0.15) is 5.56 Å². The lowest BCUT2D eigenvalue weighted by Crippen LogP contribution is -2.09. The smallest absolute Gasteiger partial charge is 0.145 e. The largest absolute Gasteiger partial charge is 0.310 e. The molecule has 2 aromatic heterocycles. The molecule has 0 bridgehead atoms. The number of hydrogen-bond donors (Lipinski definition) is 0. The van der Waals surface area contributed by atoms with E-state index in [-0.39, 0.29) is 0 Å². The molecule has 0 N–H and O–H groups in total. The second-order valence-corrected chi connectivity index (χ2v) is 9.62. The number of para-hydroxylation sites is 2. The van der Waals surface area contributed by atoms with Gasteiger partial charge in [0, 0.05) is 39.7 Å². The summed E-state index contributed by atoms with van der Waals surface area (Å²) in [6.45, 7) is 0. The van der Waals surface area contributed by atoms with Gasteiger partial charge in [0.15, 0.2) is 0 Å². The second-order valence-electron chi connectivity index (χ2n) is 9.62. The SMILES string of the molecule is N#Cc1ccccc1-c1ccc(-n2c3ccc(N(c4ccccc4)c4ccccc4)cc3c3cccnc32)cc1. The first kappa shape index (κ1) is 23.5. The van der Waals surface area contributed by atoms with E-state index >= 15 is 0 Å². The van der Waals surface area contributed by atoms with Gasteiger partial charge in [-0.25, -0.2) is 4.98 Å². The van der Waals surface area contributed by atoms with E-state index in [1.165, 1.54) is 0 Å². The molecular weight excluding hydrogens is 488 g/mol. The van der Waals surface area contributed by atoms with Crippen LogP contribution in [0.15, 0.2) is 146 Å². The molecule has 40 heavy (non-hydrogen) atoms. The summed E-state index contributed by atoms with van der Waals surface area (Å²) in [5.41, 5.74) is 8.91. The van der Waals surface area contributed by atoms with Crippen LogP contribution in [0.2, 0.25) is 0 Å². The molecule has 4 heteroatoms. The average molecular weight is 513 g/mol. The number of nitriles is 1. The fourth-order valence-corrected chi connectivity index (χ4v) is 5.46. The number of benzene rings is 5. The summed E-state index contributed by atoms with van der Waals surface area (Å²) < 4.78 is 2.21. The van der Waals surface area contributed by atoms with Gasteiger partial charge in [-0.2, -0.15) is 5.26 Å². The summed E-state index contributed by atoms with van der Waals surface area (Å²) >= 11 is 0. The molecule has 0 fully saturated rings. The molecule has 0 aliphatic heterocycles. The third-order valence-electron chi connectivity index (χ3n) is 7.28. The van der Waals surface area contributed by atoms with Crippen LogP contribution in [0, 0.1) is 11.3 Å². The maximum Gasteiger partial charge on any atom is 0.145 e. The van der Waals surface area contributed by atoms with E-state index in [9.17, 15) is 5.26 Å². The van der Waals surface area contributed by atoms with Crippen molar-refractivity contribution in [2.45, 2.75) is 0 Å². The summed E-state index contributed by atoms with van der Waals surface area (Å²) in [6.07, 6.45) is 1.84. The number of anilines is 3. The summed E-state index contributed by atoms with van der Waals surface area (Å²) in [4.78, 5) is 7.08. The van der Waals surface area contributed by atoms with Gasteiger partial charge >= 0.3 is 0 Å². The number of fused-ring (bicyclic) bond motifs is 3. The van der Waals surface area contributed by atoms with Crippen molar-refractivity contribution >= 4 is 39.0 Å². The Morgan fingerprint density at radius 1 is 0.600 bits per heavy atom. The molecule has 7 rings (SSSR count). The maximum atomic E-state index is 9.56. The normalized spacial score (nSPS) is 11.0. The van der Waals surface area contributed by atoms with Crippen LogP contribution in [-0.2, 0) is 0 Å². The minimum absolute atomic E-state index is 0.669. The molecule has 7 aromatic rings. The van der Waals surface area contributed by atoms with E-state index < -0.39 is 0 Å². The fraction of sp³-hybridized carbons (Fsp3) is 0. The zero-order chi connectivity index (χ0) is 26.9. The Morgan fingerprint density at radius 3 is 1.98 bits per heavy atom. The monoisotopic (exact) mass is 512 g/mol. The van der Waals surface area contributed by atoms with E-state index in [0.717, 1.165) is 55.8 Å². The van der Waals surface area contributed by atoms with Crippen LogP contribution < -0.4 is 4.90 Å².